The average molecular weight is 416 g/mol. The van der Waals surface area contributed by atoms with Crippen LogP contribution in [0.25, 0.3) is 10.4 Å². The van der Waals surface area contributed by atoms with E-state index in [0.29, 0.717) is 11.4 Å². The van der Waals surface area contributed by atoms with Crippen molar-refractivity contribution in [2.24, 2.45) is 0 Å². The molecule has 1 aliphatic carbocycles. The van der Waals surface area contributed by atoms with E-state index in [4.69, 9.17) is 9.47 Å². The molecule has 0 fully saturated rings. The first-order chi connectivity index (χ1) is 14.0. The van der Waals surface area contributed by atoms with Crippen molar-refractivity contribution in [2.75, 3.05) is 26.8 Å². The van der Waals surface area contributed by atoms with Gasteiger partial charge in [0.15, 0.2) is 6.61 Å². The number of fused-ring (bicyclic) bond motifs is 3. The summed E-state index contributed by atoms with van der Waals surface area (Å²) >= 11 is 1.37. The van der Waals surface area contributed by atoms with Crippen LogP contribution in [0, 0.1) is 0 Å². The van der Waals surface area contributed by atoms with Crippen LogP contribution in [0.1, 0.15) is 34.1 Å². The summed E-state index contributed by atoms with van der Waals surface area (Å²) in [6, 6.07) is 7.78. The SMILES string of the molecule is CCCNC(=O)CNC(=O)COC(=O)c1cc2c(s1)-c1ccc(OC)cc1CC2. The van der Waals surface area contributed by atoms with Gasteiger partial charge >= 0.3 is 5.97 Å². The maximum atomic E-state index is 12.4. The van der Waals surface area contributed by atoms with Gasteiger partial charge in [-0.25, -0.2) is 4.79 Å². The molecule has 154 valence electrons. The van der Waals surface area contributed by atoms with E-state index < -0.39 is 18.5 Å². The van der Waals surface area contributed by atoms with Crippen LogP contribution in [0.3, 0.4) is 0 Å². The molecule has 1 heterocycles. The van der Waals surface area contributed by atoms with Crippen molar-refractivity contribution >= 4 is 29.1 Å². The fourth-order valence-electron chi connectivity index (χ4n) is 3.10. The Morgan fingerprint density at radius 2 is 1.86 bits per heavy atom. The molecule has 1 aromatic heterocycles. The van der Waals surface area contributed by atoms with Crippen molar-refractivity contribution in [2.45, 2.75) is 26.2 Å². The molecule has 0 saturated heterocycles. The molecule has 0 aliphatic heterocycles. The first-order valence-corrected chi connectivity index (χ1v) is 10.3. The standard InChI is InChI=1S/C21H24N2O5S/c1-3-8-22-18(24)11-23-19(25)12-28-21(26)17-10-14-5-4-13-9-15(27-2)6-7-16(13)20(14)29-17/h6-7,9-10H,3-5,8,11-12H2,1-2H3,(H,22,24)(H,23,25). The average Bonchev–Trinajstić information content (AvgIpc) is 3.18. The van der Waals surface area contributed by atoms with Gasteiger partial charge in [0, 0.05) is 11.4 Å². The number of amides is 2. The minimum absolute atomic E-state index is 0.135. The number of carbonyl (C=O) groups is 3. The molecule has 0 spiro atoms. The van der Waals surface area contributed by atoms with Gasteiger partial charge in [0.2, 0.25) is 5.91 Å². The molecule has 2 amide bonds. The number of aryl methyl sites for hydroxylation is 2. The Morgan fingerprint density at radius 3 is 2.62 bits per heavy atom. The number of rotatable bonds is 8. The van der Waals surface area contributed by atoms with Gasteiger partial charge in [-0.3, -0.25) is 9.59 Å². The molecule has 0 radical (unpaired) electrons. The van der Waals surface area contributed by atoms with Gasteiger partial charge in [0.05, 0.1) is 13.7 Å². The first-order valence-electron chi connectivity index (χ1n) is 9.52. The second kappa shape index (κ2) is 9.56. The van der Waals surface area contributed by atoms with Gasteiger partial charge in [0.1, 0.15) is 10.6 Å². The topological polar surface area (TPSA) is 93.7 Å². The number of hydrogen-bond acceptors (Lipinski definition) is 6. The third kappa shape index (κ3) is 5.14. The summed E-state index contributed by atoms with van der Waals surface area (Å²) in [5.41, 5.74) is 3.41. The molecule has 0 saturated carbocycles. The Kier molecular flexibility index (Phi) is 6.87. The van der Waals surface area contributed by atoms with E-state index >= 15 is 0 Å². The second-order valence-corrected chi connectivity index (χ2v) is 7.74. The molecule has 1 aliphatic rings. The van der Waals surface area contributed by atoms with Crippen LogP contribution in [-0.2, 0) is 27.2 Å². The lowest BCUT2D eigenvalue weighted by molar-refractivity contribution is -0.127. The number of methoxy groups -OCH3 is 1. The number of carbonyl (C=O) groups excluding carboxylic acids is 3. The van der Waals surface area contributed by atoms with Gasteiger partial charge in [0.25, 0.3) is 5.91 Å². The highest BCUT2D eigenvalue weighted by Crippen LogP contribution is 2.40. The van der Waals surface area contributed by atoms with Gasteiger partial charge in [-0.15, -0.1) is 11.3 Å². The lowest BCUT2D eigenvalue weighted by Crippen LogP contribution is -2.38. The third-order valence-corrected chi connectivity index (χ3v) is 5.77. The smallest absolute Gasteiger partial charge is 0.348 e. The molecular weight excluding hydrogens is 392 g/mol. The summed E-state index contributed by atoms with van der Waals surface area (Å²) in [6.45, 7) is 1.94. The molecule has 2 N–H and O–H groups in total. The highest BCUT2D eigenvalue weighted by molar-refractivity contribution is 7.17. The predicted molar refractivity (Wildman–Crippen MR) is 110 cm³/mol. The Hall–Kier alpha value is -2.87. The van der Waals surface area contributed by atoms with Crippen molar-refractivity contribution in [3.8, 4) is 16.2 Å². The van der Waals surface area contributed by atoms with Crippen molar-refractivity contribution in [1.82, 2.24) is 10.6 Å². The van der Waals surface area contributed by atoms with Gasteiger partial charge < -0.3 is 20.1 Å². The molecular formula is C21H24N2O5S. The zero-order valence-electron chi connectivity index (χ0n) is 16.5. The predicted octanol–water partition coefficient (Wildman–Crippen LogP) is 2.32. The molecule has 0 bridgehead atoms. The number of hydrogen-bond donors (Lipinski definition) is 2. The highest BCUT2D eigenvalue weighted by atomic mass is 32.1. The third-order valence-electron chi connectivity index (χ3n) is 4.58. The van der Waals surface area contributed by atoms with Crippen molar-refractivity contribution in [3.05, 3.63) is 40.3 Å². The maximum absolute atomic E-state index is 12.4. The second-order valence-electron chi connectivity index (χ2n) is 6.69. The molecule has 7 nitrogen and oxygen atoms in total. The first kappa shape index (κ1) is 20.9. The van der Waals surface area contributed by atoms with Crippen molar-refractivity contribution in [3.63, 3.8) is 0 Å². The molecule has 1 aromatic carbocycles. The van der Waals surface area contributed by atoms with Crippen LogP contribution in [0.5, 0.6) is 5.75 Å². The Morgan fingerprint density at radius 1 is 1.07 bits per heavy atom. The molecule has 2 aromatic rings. The number of thiophene rings is 1. The summed E-state index contributed by atoms with van der Waals surface area (Å²) in [4.78, 5) is 37.2. The van der Waals surface area contributed by atoms with Crippen LogP contribution in [0.15, 0.2) is 24.3 Å². The highest BCUT2D eigenvalue weighted by Gasteiger charge is 2.23. The largest absolute Gasteiger partial charge is 0.497 e. The maximum Gasteiger partial charge on any atom is 0.348 e. The van der Waals surface area contributed by atoms with Crippen LogP contribution >= 0.6 is 11.3 Å². The fourth-order valence-corrected chi connectivity index (χ4v) is 4.26. The molecule has 0 atom stereocenters. The van der Waals surface area contributed by atoms with E-state index in [1.54, 1.807) is 7.11 Å². The lowest BCUT2D eigenvalue weighted by atomic mass is 9.91. The molecule has 3 rings (SSSR count). The molecule has 29 heavy (non-hydrogen) atoms. The fraction of sp³-hybridized carbons (Fsp3) is 0.381. The number of benzene rings is 1. The van der Waals surface area contributed by atoms with Crippen molar-refractivity contribution in [1.29, 1.82) is 0 Å². The summed E-state index contributed by atoms with van der Waals surface area (Å²) < 4.78 is 10.4. The minimum Gasteiger partial charge on any atom is -0.497 e. The molecule has 8 heteroatoms. The number of ether oxygens (including phenoxy) is 2. The number of esters is 1. The minimum atomic E-state index is -0.537. The zero-order chi connectivity index (χ0) is 20.8. The normalized spacial score (nSPS) is 11.8. The van der Waals surface area contributed by atoms with Gasteiger partial charge in [-0.2, -0.15) is 0 Å². The van der Waals surface area contributed by atoms with Crippen molar-refractivity contribution < 1.29 is 23.9 Å². The van der Waals surface area contributed by atoms with Crippen LogP contribution < -0.4 is 15.4 Å². The van der Waals surface area contributed by atoms with E-state index in [0.717, 1.165) is 41.0 Å². The van der Waals surface area contributed by atoms with Gasteiger partial charge in [-0.05, 0) is 60.2 Å². The van der Waals surface area contributed by atoms with E-state index in [1.165, 1.54) is 16.9 Å². The lowest BCUT2D eigenvalue weighted by Gasteiger charge is -2.16. The van der Waals surface area contributed by atoms with Crippen LogP contribution in [0.2, 0.25) is 0 Å². The summed E-state index contributed by atoms with van der Waals surface area (Å²) in [5, 5.41) is 5.09. The summed E-state index contributed by atoms with van der Waals surface area (Å²) in [7, 11) is 1.64. The van der Waals surface area contributed by atoms with Crippen LogP contribution in [0.4, 0.5) is 0 Å². The Bertz CT molecular complexity index is 922. The quantitative estimate of drug-likeness (QED) is 0.644. The monoisotopic (exact) mass is 416 g/mol. The number of nitrogens with one attached hydrogen (secondary N) is 2. The summed E-state index contributed by atoms with van der Waals surface area (Å²) in [5.74, 6) is -0.501. The Labute approximate surface area is 173 Å². The van der Waals surface area contributed by atoms with E-state index in [2.05, 4.69) is 10.6 Å². The van der Waals surface area contributed by atoms with E-state index in [9.17, 15) is 14.4 Å². The van der Waals surface area contributed by atoms with E-state index in [1.807, 2.05) is 31.2 Å². The van der Waals surface area contributed by atoms with Gasteiger partial charge in [-0.1, -0.05) is 6.92 Å². The summed E-state index contributed by atoms with van der Waals surface area (Å²) in [6.07, 6.45) is 2.54. The molecule has 0 unspecified atom stereocenters. The zero-order valence-corrected chi connectivity index (χ0v) is 17.3. The van der Waals surface area contributed by atoms with E-state index in [-0.39, 0.29) is 12.5 Å². The van der Waals surface area contributed by atoms with Crippen LogP contribution in [-0.4, -0.2) is 44.6 Å². The Balaban J connectivity index is 1.57.